The Morgan fingerprint density at radius 2 is 2.25 bits per heavy atom. The van der Waals surface area contributed by atoms with E-state index in [-0.39, 0.29) is 11.7 Å². The molecule has 0 aliphatic carbocycles. The van der Waals surface area contributed by atoms with Crippen LogP contribution in [0.15, 0.2) is 12.7 Å². The lowest BCUT2D eigenvalue weighted by Crippen LogP contribution is -2.40. The molecule has 3 amide bonds. The molecular weight excluding hydrogens is 226 g/mol. The summed E-state index contributed by atoms with van der Waals surface area (Å²) >= 11 is 1.48. The lowest BCUT2D eigenvalue weighted by atomic mass is 10.3. The second-order valence-electron chi connectivity index (χ2n) is 3.25. The second-order valence-corrected chi connectivity index (χ2v) is 4.67. The van der Waals surface area contributed by atoms with Gasteiger partial charge in [-0.05, 0) is 13.0 Å². The van der Waals surface area contributed by atoms with Crippen molar-refractivity contribution in [2.75, 3.05) is 18.8 Å². The van der Waals surface area contributed by atoms with Crippen molar-refractivity contribution < 1.29 is 9.59 Å². The second kappa shape index (κ2) is 9.23. The lowest BCUT2D eigenvalue weighted by molar-refractivity contribution is -0.117. The summed E-state index contributed by atoms with van der Waals surface area (Å²) in [5.74, 6) is -0.0294. The van der Waals surface area contributed by atoms with Crippen molar-refractivity contribution in [2.24, 2.45) is 5.73 Å². The quantitative estimate of drug-likeness (QED) is 0.569. The molecule has 0 saturated heterocycles. The minimum atomic E-state index is -0.489. The minimum absolute atomic E-state index is 0.267. The van der Waals surface area contributed by atoms with Crippen molar-refractivity contribution in [3.63, 3.8) is 0 Å². The first-order valence-corrected chi connectivity index (χ1v) is 6.15. The Labute approximate surface area is 100 Å². The van der Waals surface area contributed by atoms with Crippen molar-refractivity contribution in [1.29, 1.82) is 0 Å². The lowest BCUT2D eigenvalue weighted by Gasteiger charge is -2.09. The molecule has 5 nitrogen and oxygen atoms in total. The summed E-state index contributed by atoms with van der Waals surface area (Å²) in [6.45, 7) is 6.40. The summed E-state index contributed by atoms with van der Waals surface area (Å²) in [7, 11) is 0. The van der Waals surface area contributed by atoms with Gasteiger partial charge in [0.25, 0.3) is 0 Å². The van der Waals surface area contributed by atoms with Gasteiger partial charge in [0.05, 0.1) is 5.75 Å². The molecule has 0 radical (unpaired) electrons. The zero-order valence-electron chi connectivity index (χ0n) is 9.49. The maximum Gasteiger partial charge on any atom is 0.321 e. The topological polar surface area (TPSA) is 84.2 Å². The van der Waals surface area contributed by atoms with Gasteiger partial charge in [-0.2, -0.15) is 0 Å². The fourth-order valence-corrected chi connectivity index (χ4v) is 1.72. The standard InChI is InChI=1S/C10H19N3O2S/c1-3-6-12-10(15)13-9(14)7-16-8(2)4-5-11/h3,8H,1,4-7,11H2,2H3,(H2,12,13,14,15). The van der Waals surface area contributed by atoms with Crippen LogP contribution in [0.4, 0.5) is 4.79 Å². The summed E-state index contributed by atoms with van der Waals surface area (Å²) in [5, 5.41) is 5.01. The monoisotopic (exact) mass is 245 g/mol. The first kappa shape index (κ1) is 15.0. The molecule has 0 aliphatic heterocycles. The molecule has 0 aromatic heterocycles. The molecule has 0 saturated carbocycles. The van der Waals surface area contributed by atoms with Gasteiger partial charge in [-0.25, -0.2) is 4.79 Å². The summed E-state index contributed by atoms with van der Waals surface area (Å²) in [6.07, 6.45) is 2.41. The van der Waals surface area contributed by atoms with Crippen molar-refractivity contribution in [3.05, 3.63) is 12.7 Å². The molecule has 0 fully saturated rings. The molecule has 4 N–H and O–H groups in total. The first-order valence-electron chi connectivity index (χ1n) is 5.10. The highest BCUT2D eigenvalue weighted by molar-refractivity contribution is 8.00. The summed E-state index contributed by atoms with van der Waals surface area (Å²) < 4.78 is 0. The average Bonchev–Trinajstić information content (AvgIpc) is 2.24. The van der Waals surface area contributed by atoms with Crippen molar-refractivity contribution in [1.82, 2.24) is 10.6 Å². The Hall–Kier alpha value is -1.01. The van der Waals surface area contributed by atoms with Gasteiger partial charge in [0.15, 0.2) is 0 Å². The number of hydrogen-bond acceptors (Lipinski definition) is 4. The van der Waals surface area contributed by atoms with Crippen molar-refractivity contribution in [3.8, 4) is 0 Å². The molecule has 0 aromatic rings. The van der Waals surface area contributed by atoms with E-state index in [1.54, 1.807) is 6.08 Å². The highest BCUT2D eigenvalue weighted by Gasteiger charge is 2.09. The smallest absolute Gasteiger partial charge is 0.321 e. The van der Waals surface area contributed by atoms with Gasteiger partial charge in [0.1, 0.15) is 0 Å². The molecule has 16 heavy (non-hydrogen) atoms. The molecule has 0 bridgehead atoms. The maximum absolute atomic E-state index is 11.3. The predicted octanol–water partition coefficient (Wildman–Crippen LogP) is 0.469. The van der Waals surface area contributed by atoms with Crippen LogP contribution in [0, 0.1) is 0 Å². The molecule has 0 aromatic carbocycles. The largest absolute Gasteiger partial charge is 0.334 e. The number of imide groups is 1. The molecule has 0 rings (SSSR count). The van der Waals surface area contributed by atoms with Gasteiger partial charge >= 0.3 is 6.03 Å². The number of hydrogen-bond donors (Lipinski definition) is 3. The van der Waals surface area contributed by atoms with Crippen LogP contribution in [0.25, 0.3) is 0 Å². The fraction of sp³-hybridized carbons (Fsp3) is 0.600. The van der Waals surface area contributed by atoms with E-state index in [1.165, 1.54) is 11.8 Å². The number of rotatable bonds is 7. The number of amides is 3. The Balaban J connectivity index is 3.65. The van der Waals surface area contributed by atoms with E-state index in [1.807, 2.05) is 6.92 Å². The van der Waals surface area contributed by atoms with Crippen LogP contribution in [-0.4, -0.2) is 36.0 Å². The van der Waals surface area contributed by atoms with Gasteiger partial charge in [-0.3, -0.25) is 10.1 Å². The molecule has 1 unspecified atom stereocenters. The minimum Gasteiger partial charge on any atom is -0.334 e. The Bertz CT molecular complexity index is 246. The van der Waals surface area contributed by atoms with Crippen LogP contribution in [0.2, 0.25) is 0 Å². The number of carbonyl (C=O) groups is 2. The van der Waals surface area contributed by atoms with E-state index in [9.17, 15) is 9.59 Å². The van der Waals surface area contributed by atoms with Crippen LogP contribution in [0.1, 0.15) is 13.3 Å². The Morgan fingerprint density at radius 3 is 2.81 bits per heavy atom. The third-order valence-corrected chi connectivity index (χ3v) is 2.97. The number of thioether (sulfide) groups is 1. The molecule has 0 heterocycles. The van der Waals surface area contributed by atoms with Gasteiger partial charge in [-0.15, -0.1) is 18.3 Å². The van der Waals surface area contributed by atoms with Gasteiger partial charge in [0.2, 0.25) is 5.91 Å². The first-order chi connectivity index (χ1) is 7.60. The van der Waals surface area contributed by atoms with Crippen LogP contribution >= 0.6 is 11.8 Å². The zero-order valence-corrected chi connectivity index (χ0v) is 10.3. The summed E-state index contributed by atoms with van der Waals surface area (Å²) in [6, 6.07) is -0.489. The molecule has 6 heteroatoms. The van der Waals surface area contributed by atoms with Crippen molar-refractivity contribution >= 4 is 23.7 Å². The molecule has 1 atom stereocenters. The molecular formula is C10H19N3O2S. The predicted molar refractivity (Wildman–Crippen MR) is 67.3 cm³/mol. The van der Waals surface area contributed by atoms with E-state index in [0.29, 0.717) is 18.3 Å². The average molecular weight is 245 g/mol. The van der Waals surface area contributed by atoms with Crippen LogP contribution in [-0.2, 0) is 4.79 Å². The van der Waals surface area contributed by atoms with Gasteiger partial charge in [-0.1, -0.05) is 13.0 Å². The van der Waals surface area contributed by atoms with Crippen LogP contribution < -0.4 is 16.4 Å². The third-order valence-electron chi connectivity index (χ3n) is 1.73. The van der Waals surface area contributed by atoms with E-state index >= 15 is 0 Å². The van der Waals surface area contributed by atoms with Crippen LogP contribution in [0.3, 0.4) is 0 Å². The highest BCUT2D eigenvalue weighted by Crippen LogP contribution is 2.12. The van der Waals surface area contributed by atoms with E-state index < -0.39 is 6.03 Å². The maximum atomic E-state index is 11.3. The zero-order chi connectivity index (χ0) is 12.4. The Kier molecular flexibility index (Phi) is 8.65. The third kappa shape index (κ3) is 8.31. The Morgan fingerprint density at radius 1 is 1.56 bits per heavy atom. The van der Waals surface area contributed by atoms with E-state index in [2.05, 4.69) is 17.2 Å². The number of nitrogens with one attached hydrogen (secondary N) is 2. The van der Waals surface area contributed by atoms with Crippen LogP contribution in [0.5, 0.6) is 0 Å². The molecule has 0 spiro atoms. The molecule has 0 aliphatic rings. The normalized spacial score (nSPS) is 11.6. The number of carbonyl (C=O) groups excluding carboxylic acids is 2. The summed E-state index contributed by atoms with van der Waals surface area (Å²) in [5.41, 5.74) is 5.38. The number of urea groups is 1. The molecule has 92 valence electrons. The van der Waals surface area contributed by atoms with E-state index in [0.717, 1.165) is 6.42 Å². The van der Waals surface area contributed by atoms with E-state index in [4.69, 9.17) is 5.73 Å². The fourth-order valence-electron chi connectivity index (χ4n) is 0.908. The summed E-state index contributed by atoms with van der Waals surface area (Å²) in [4.78, 5) is 22.3. The number of nitrogens with two attached hydrogens (primary N) is 1. The van der Waals surface area contributed by atoms with Gasteiger partial charge in [0, 0.05) is 11.8 Å². The van der Waals surface area contributed by atoms with Crippen molar-refractivity contribution in [2.45, 2.75) is 18.6 Å². The van der Waals surface area contributed by atoms with Gasteiger partial charge < -0.3 is 11.1 Å². The SMILES string of the molecule is C=CCNC(=O)NC(=O)CSC(C)CCN. The highest BCUT2D eigenvalue weighted by atomic mass is 32.2.